The molecule has 3 nitrogen and oxygen atoms in total. The molecule has 0 aromatic carbocycles. The summed E-state index contributed by atoms with van der Waals surface area (Å²) in [6, 6.07) is 0. The quantitative estimate of drug-likeness (QED) is 0.293. The molecule has 6 heavy (non-hydrogen) atoms. The topological polar surface area (TPSA) is 69.2 Å². The summed E-state index contributed by atoms with van der Waals surface area (Å²) in [6.07, 6.45) is 0. The van der Waals surface area contributed by atoms with Crippen LogP contribution < -0.4 is 14.7 Å². The molecule has 0 fully saturated rings. The molecule has 0 bridgehead atoms. The average molecular weight is 181 g/mol. The van der Waals surface area contributed by atoms with Gasteiger partial charge in [0.2, 0.25) is 0 Å². The summed E-state index contributed by atoms with van der Waals surface area (Å²) < 4.78 is 0. The van der Waals surface area contributed by atoms with Gasteiger partial charge in [-0.3, -0.25) is 0 Å². The predicted molar refractivity (Wildman–Crippen MR) is 20.0 cm³/mol. The van der Waals surface area contributed by atoms with Crippen molar-refractivity contribution in [3.05, 3.63) is 0 Å². The fourth-order valence-corrected chi connectivity index (χ4v) is 0. The van der Waals surface area contributed by atoms with E-state index >= 15 is 0 Å². The van der Waals surface area contributed by atoms with Crippen LogP contribution in [-0.2, 0) is 11.8 Å². The molecule has 0 aromatic heterocycles. The average Bonchev–Trinajstić information content (AvgIpc) is 0.722. The molecule has 0 unspecified atom stereocenters. The first-order chi connectivity index (χ1) is 2.00. The summed E-state index contributed by atoms with van der Waals surface area (Å²) in [5.74, 6) is 0. The maximum Gasteiger partial charge on any atom is 3.00 e. The number of rotatable bonds is 0. The molecule has 0 radical (unpaired) electrons. The Bertz CT molecular complexity index is 56.9. The molecule has 0 aliphatic rings. The Morgan fingerprint density at radius 3 is 1.17 bits per heavy atom. The van der Waals surface area contributed by atoms with Crippen molar-refractivity contribution in [3.63, 3.8) is 0 Å². The zero-order chi connectivity index (χ0) is 4.50. The molecule has 0 saturated carbocycles. The van der Waals surface area contributed by atoms with Crippen molar-refractivity contribution < 1.29 is 14.7 Å². The zero-order valence-electron chi connectivity index (χ0n) is 2.66. The normalized spacial score (nSPS) is 9.83. The minimum absolute atomic E-state index is 0. The summed E-state index contributed by atoms with van der Waals surface area (Å²) in [7, 11) is 0. The molecule has 32 valence electrons. The van der Waals surface area contributed by atoms with E-state index in [9.17, 15) is 0 Å². The van der Waals surface area contributed by atoms with Gasteiger partial charge in [-0.15, -0.1) is 0 Å². The molecule has 0 heterocycles. The van der Waals surface area contributed by atoms with Crippen LogP contribution in [0.5, 0.6) is 0 Å². The molecule has 0 saturated heterocycles. The molecule has 0 rings (SSSR count). The van der Waals surface area contributed by atoms with Crippen LogP contribution in [0.1, 0.15) is 0 Å². The van der Waals surface area contributed by atoms with Gasteiger partial charge in [-0.1, -0.05) is 0 Å². The Balaban J connectivity index is 0. The van der Waals surface area contributed by atoms with Gasteiger partial charge in [0.25, 0.3) is 0 Å². The van der Waals surface area contributed by atoms with E-state index in [-0.39, 0.29) is 19.8 Å². The van der Waals surface area contributed by atoms with Crippen molar-refractivity contribution in [1.29, 1.82) is 0 Å². The molecule has 0 atom stereocenters. The Hall–Kier alpha value is 1.17. The van der Waals surface area contributed by atoms with Gasteiger partial charge in [0.05, 0.1) is 0 Å². The summed E-state index contributed by atoms with van der Waals surface area (Å²) >= 11 is 3.27. The van der Waals surface area contributed by atoms with Crippen LogP contribution in [-0.4, -0.2) is 19.8 Å². The SMILES string of the molecule is [Ga+3].[O-]P([O-])([O-])=S. The van der Waals surface area contributed by atoms with Gasteiger partial charge >= 0.3 is 19.8 Å². The number of hydrogen-bond donors (Lipinski definition) is 0. The first-order valence-corrected chi connectivity index (χ1v) is 3.29. The molecule has 0 aliphatic carbocycles. The van der Waals surface area contributed by atoms with Gasteiger partial charge in [-0.05, 0) is 0 Å². The third-order valence-corrected chi connectivity index (χ3v) is 0. The third-order valence-electron chi connectivity index (χ3n) is 0. The van der Waals surface area contributed by atoms with E-state index in [1.807, 2.05) is 0 Å². The van der Waals surface area contributed by atoms with E-state index in [2.05, 4.69) is 11.8 Å². The van der Waals surface area contributed by atoms with Gasteiger partial charge in [-0.25, -0.2) is 0 Å². The van der Waals surface area contributed by atoms with Crippen molar-refractivity contribution in [2.45, 2.75) is 0 Å². The molecule has 0 aliphatic heterocycles. The van der Waals surface area contributed by atoms with Crippen LogP contribution in [0.3, 0.4) is 0 Å². The van der Waals surface area contributed by atoms with Crippen molar-refractivity contribution in [3.8, 4) is 0 Å². The maximum atomic E-state index is 8.92. The van der Waals surface area contributed by atoms with E-state index in [0.717, 1.165) is 0 Å². The molecule has 6 heteroatoms. The molecule has 0 aromatic rings. The standard InChI is InChI=1S/Ga.H3O3PS/c;1-4(2,3)5/h;(H3,1,2,3,5)/q+3;/p-3. The first kappa shape index (κ1) is 10.2. The van der Waals surface area contributed by atoms with Crippen LogP contribution in [0.2, 0.25) is 0 Å². The zero-order valence-corrected chi connectivity index (χ0v) is 6.79. The Kier molecular flexibility index (Phi) is 5.45. The summed E-state index contributed by atoms with van der Waals surface area (Å²) in [6.45, 7) is -4.56. The van der Waals surface area contributed by atoms with Crippen molar-refractivity contribution in [2.24, 2.45) is 0 Å². The van der Waals surface area contributed by atoms with E-state index < -0.39 is 6.72 Å². The second-order valence-corrected chi connectivity index (χ2v) is 2.68. The van der Waals surface area contributed by atoms with Gasteiger partial charge in [0.15, 0.2) is 0 Å². The fraction of sp³-hybridized carbons (Fsp3) is 0. The molecular formula is GaO3PS. The monoisotopic (exact) mass is 180 g/mol. The van der Waals surface area contributed by atoms with Crippen molar-refractivity contribution in [1.82, 2.24) is 0 Å². The molecule has 0 spiro atoms. The van der Waals surface area contributed by atoms with E-state index in [1.165, 1.54) is 0 Å². The predicted octanol–water partition coefficient (Wildman–Crippen LogP) is -3.09. The Labute approximate surface area is 53.3 Å². The maximum absolute atomic E-state index is 8.92. The second-order valence-electron chi connectivity index (χ2n) is 0.447. The van der Waals surface area contributed by atoms with Crippen LogP contribution in [0.25, 0.3) is 0 Å². The van der Waals surface area contributed by atoms with Crippen LogP contribution in [0, 0.1) is 0 Å². The van der Waals surface area contributed by atoms with Crippen LogP contribution >= 0.6 is 6.72 Å². The van der Waals surface area contributed by atoms with Gasteiger partial charge in [0, 0.05) is 0 Å². The summed E-state index contributed by atoms with van der Waals surface area (Å²) in [5.41, 5.74) is 0. The fourth-order valence-electron chi connectivity index (χ4n) is 0. The Morgan fingerprint density at radius 2 is 1.17 bits per heavy atom. The van der Waals surface area contributed by atoms with Gasteiger partial charge in [0.1, 0.15) is 0 Å². The van der Waals surface area contributed by atoms with Crippen molar-refractivity contribution >= 4 is 38.3 Å². The molecule has 0 N–H and O–H groups in total. The second kappa shape index (κ2) is 3.20. The minimum Gasteiger partial charge on any atom is -0.844 e. The Morgan fingerprint density at radius 1 is 1.17 bits per heavy atom. The van der Waals surface area contributed by atoms with Crippen molar-refractivity contribution in [2.75, 3.05) is 0 Å². The van der Waals surface area contributed by atoms with Crippen LogP contribution in [0.15, 0.2) is 0 Å². The van der Waals surface area contributed by atoms with E-state index in [0.29, 0.717) is 0 Å². The first-order valence-electron chi connectivity index (χ1n) is 0.730. The van der Waals surface area contributed by atoms with E-state index in [1.54, 1.807) is 0 Å². The third kappa shape index (κ3) is 65.9. The van der Waals surface area contributed by atoms with Crippen LogP contribution in [0.4, 0.5) is 0 Å². The summed E-state index contributed by atoms with van der Waals surface area (Å²) in [5, 5.41) is 0. The smallest absolute Gasteiger partial charge is 0.844 e. The minimum atomic E-state index is -4.56. The largest absolute Gasteiger partial charge is 3.00 e. The van der Waals surface area contributed by atoms with Gasteiger partial charge < -0.3 is 21.4 Å². The summed E-state index contributed by atoms with van der Waals surface area (Å²) in [4.78, 5) is 26.8. The molecule has 0 amide bonds. The molecular weight excluding hydrogens is 181 g/mol. The number of hydrogen-bond acceptors (Lipinski definition) is 4. The van der Waals surface area contributed by atoms with Gasteiger partial charge in [-0.2, -0.15) is 11.8 Å². The van der Waals surface area contributed by atoms with E-state index in [4.69, 9.17) is 14.7 Å².